The zero-order chi connectivity index (χ0) is 13.7. The number of aryl methyl sites for hydroxylation is 1. The Morgan fingerprint density at radius 2 is 2.37 bits per heavy atom. The molecule has 1 aromatic rings. The van der Waals surface area contributed by atoms with Crippen LogP contribution in [0.15, 0.2) is 22.7 Å². The summed E-state index contributed by atoms with van der Waals surface area (Å²) in [6.45, 7) is 6.67. The second-order valence-corrected chi connectivity index (χ2v) is 5.97. The Hall–Kier alpha value is -0.580. The van der Waals surface area contributed by atoms with Crippen molar-refractivity contribution < 1.29 is 9.47 Å². The summed E-state index contributed by atoms with van der Waals surface area (Å²) >= 11 is 3.45. The van der Waals surface area contributed by atoms with E-state index in [-0.39, 0.29) is 0 Å². The van der Waals surface area contributed by atoms with Crippen molar-refractivity contribution in [1.82, 2.24) is 5.32 Å². The molecule has 1 saturated heterocycles. The molecule has 1 aliphatic heterocycles. The number of nitrogens with one attached hydrogen (secondary N) is 1. The predicted octanol–water partition coefficient (Wildman–Crippen LogP) is 3.29. The van der Waals surface area contributed by atoms with Crippen molar-refractivity contribution in [3.63, 3.8) is 0 Å². The summed E-state index contributed by atoms with van der Waals surface area (Å²) in [7, 11) is 0. The quantitative estimate of drug-likeness (QED) is 0.813. The van der Waals surface area contributed by atoms with Crippen LogP contribution < -0.4 is 10.1 Å². The van der Waals surface area contributed by atoms with E-state index in [2.05, 4.69) is 41.2 Å². The van der Waals surface area contributed by atoms with Crippen molar-refractivity contribution in [1.29, 1.82) is 0 Å². The lowest BCUT2D eigenvalue weighted by molar-refractivity contribution is 0.0824. The molecule has 3 nitrogen and oxygen atoms in total. The summed E-state index contributed by atoms with van der Waals surface area (Å²) in [6.07, 6.45) is 2.72. The van der Waals surface area contributed by atoms with E-state index in [1.165, 1.54) is 12.8 Å². The number of benzene rings is 1. The highest BCUT2D eigenvalue weighted by atomic mass is 79.9. The molecule has 1 heterocycles. The number of ether oxygens (including phenoxy) is 2. The van der Waals surface area contributed by atoms with Gasteiger partial charge in [-0.05, 0) is 50.5 Å². The molecule has 2 atom stereocenters. The van der Waals surface area contributed by atoms with Crippen LogP contribution in [0.2, 0.25) is 0 Å². The minimum absolute atomic E-state index is 0.370. The van der Waals surface area contributed by atoms with Crippen LogP contribution in [-0.2, 0) is 4.74 Å². The maximum Gasteiger partial charge on any atom is 0.122 e. The van der Waals surface area contributed by atoms with Crippen LogP contribution in [-0.4, -0.2) is 31.9 Å². The van der Waals surface area contributed by atoms with Gasteiger partial charge < -0.3 is 14.8 Å². The normalized spacial score (nSPS) is 20.5. The highest BCUT2D eigenvalue weighted by Gasteiger charge is 2.21. The first-order chi connectivity index (χ1) is 9.16. The second-order valence-electron chi connectivity index (χ2n) is 5.05. The second kappa shape index (κ2) is 7.27. The van der Waals surface area contributed by atoms with Gasteiger partial charge in [0.05, 0.1) is 6.10 Å². The van der Waals surface area contributed by atoms with Gasteiger partial charge in [-0.25, -0.2) is 0 Å². The van der Waals surface area contributed by atoms with Crippen molar-refractivity contribution >= 4 is 15.9 Å². The van der Waals surface area contributed by atoms with Crippen molar-refractivity contribution in [2.45, 2.75) is 38.8 Å². The topological polar surface area (TPSA) is 30.5 Å². The lowest BCUT2D eigenvalue weighted by atomic mass is 10.1. The molecule has 1 N–H and O–H groups in total. The molecule has 19 heavy (non-hydrogen) atoms. The Balaban J connectivity index is 1.68. The van der Waals surface area contributed by atoms with Gasteiger partial charge in [0.1, 0.15) is 12.4 Å². The van der Waals surface area contributed by atoms with Crippen molar-refractivity contribution in [2.75, 3.05) is 19.8 Å². The molecule has 4 heteroatoms. The Labute approximate surface area is 123 Å². The monoisotopic (exact) mass is 327 g/mol. The minimum atomic E-state index is 0.370. The summed E-state index contributed by atoms with van der Waals surface area (Å²) in [4.78, 5) is 0. The fraction of sp³-hybridized carbons (Fsp3) is 0.600. The van der Waals surface area contributed by atoms with Crippen molar-refractivity contribution in [3.8, 4) is 5.75 Å². The van der Waals surface area contributed by atoms with Gasteiger partial charge in [-0.1, -0.05) is 15.9 Å². The Bertz CT molecular complexity index is 405. The van der Waals surface area contributed by atoms with Crippen LogP contribution in [0.5, 0.6) is 5.75 Å². The van der Waals surface area contributed by atoms with E-state index < -0.39 is 0 Å². The third kappa shape index (κ3) is 4.48. The largest absolute Gasteiger partial charge is 0.492 e. The van der Waals surface area contributed by atoms with E-state index in [1.54, 1.807) is 0 Å². The molecule has 0 radical (unpaired) electrons. The smallest absolute Gasteiger partial charge is 0.122 e. The third-order valence-corrected chi connectivity index (χ3v) is 3.98. The van der Waals surface area contributed by atoms with E-state index in [0.717, 1.165) is 28.9 Å². The fourth-order valence-electron chi connectivity index (χ4n) is 2.35. The third-order valence-electron chi connectivity index (χ3n) is 3.49. The van der Waals surface area contributed by atoms with Gasteiger partial charge in [0, 0.05) is 23.7 Å². The summed E-state index contributed by atoms with van der Waals surface area (Å²) < 4.78 is 12.5. The molecule has 0 spiro atoms. The van der Waals surface area contributed by atoms with Crippen LogP contribution in [0.3, 0.4) is 0 Å². The summed E-state index contributed by atoms with van der Waals surface area (Å²) in [6, 6.07) is 6.47. The number of hydrogen-bond acceptors (Lipinski definition) is 3. The number of halogens is 1. The van der Waals surface area contributed by atoms with Crippen LogP contribution in [0.25, 0.3) is 0 Å². The van der Waals surface area contributed by atoms with Crippen LogP contribution in [0.4, 0.5) is 0 Å². The van der Waals surface area contributed by atoms with Crippen LogP contribution in [0.1, 0.15) is 25.3 Å². The van der Waals surface area contributed by atoms with Gasteiger partial charge in [0.25, 0.3) is 0 Å². The molecule has 2 rings (SSSR count). The Kier molecular flexibility index (Phi) is 5.67. The molecule has 1 aromatic carbocycles. The van der Waals surface area contributed by atoms with Gasteiger partial charge >= 0.3 is 0 Å². The molecule has 0 amide bonds. The lowest BCUT2D eigenvalue weighted by Gasteiger charge is -2.20. The molecule has 0 aliphatic carbocycles. The SMILES string of the molecule is Cc1cc(Br)ccc1OCCNC(C)C1CCCO1. The van der Waals surface area contributed by atoms with Crippen LogP contribution >= 0.6 is 15.9 Å². The first-order valence-corrected chi connectivity index (χ1v) is 7.70. The van der Waals surface area contributed by atoms with Gasteiger partial charge in [0.15, 0.2) is 0 Å². The fourth-order valence-corrected chi connectivity index (χ4v) is 2.83. The minimum Gasteiger partial charge on any atom is -0.492 e. The zero-order valence-corrected chi connectivity index (χ0v) is 13.2. The first kappa shape index (κ1) is 14.8. The maximum atomic E-state index is 5.78. The molecule has 106 valence electrons. The molecule has 0 bridgehead atoms. The average Bonchev–Trinajstić information content (AvgIpc) is 2.90. The number of rotatable bonds is 6. The maximum absolute atomic E-state index is 5.78. The molecule has 0 saturated carbocycles. The molecular formula is C15H22BrNO2. The van der Waals surface area contributed by atoms with Gasteiger partial charge in [0.2, 0.25) is 0 Å². The highest BCUT2D eigenvalue weighted by Crippen LogP contribution is 2.22. The van der Waals surface area contributed by atoms with Gasteiger partial charge in [-0.3, -0.25) is 0 Å². The average molecular weight is 328 g/mol. The Morgan fingerprint density at radius 1 is 1.53 bits per heavy atom. The summed E-state index contributed by atoms with van der Waals surface area (Å²) in [5.74, 6) is 0.953. The first-order valence-electron chi connectivity index (χ1n) is 6.91. The van der Waals surface area contributed by atoms with E-state index in [4.69, 9.17) is 9.47 Å². The molecular weight excluding hydrogens is 306 g/mol. The van der Waals surface area contributed by atoms with Gasteiger partial charge in [-0.15, -0.1) is 0 Å². The molecule has 2 unspecified atom stereocenters. The van der Waals surface area contributed by atoms with E-state index in [9.17, 15) is 0 Å². The van der Waals surface area contributed by atoms with Crippen molar-refractivity contribution in [3.05, 3.63) is 28.2 Å². The number of hydrogen-bond donors (Lipinski definition) is 1. The molecule has 1 aliphatic rings. The van der Waals surface area contributed by atoms with E-state index in [1.807, 2.05) is 12.1 Å². The molecule has 0 aromatic heterocycles. The highest BCUT2D eigenvalue weighted by molar-refractivity contribution is 9.10. The molecule has 1 fully saturated rings. The van der Waals surface area contributed by atoms with Crippen LogP contribution in [0, 0.1) is 6.92 Å². The predicted molar refractivity (Wildman–Crippen MR) is 80.8 cm³/mol. The van der Waals surface area contributed by atoms with E-state index >= 15 is 0 Å². The zero-order valence-electron chi connectivity index (χ0n) is 11.6. The van der Waals surface area contributed by atoms with Crippen molar-refractivity contribution in [2.24, 2.45) is 0 Å². The summed E-state index contributed by atoms with van der Waals surface area (Å²) in [5.41, 5.74) is 1.15. The van der Waals surface area contributed by atoms with E-state index in [0.29, 0.717) is 18.8 Å². The Morgan fingerprint density at radius 3 is 3.05 bits per heavy atom. The standard InChI is InChI=1S/C15H22BrNO2/c1-11-10-13(16)5-6-14(11)19-9-7-17-12(2)15-4-3-8-18-15/h5-6,10,12,15,17H,3-4,7-9H2,1-2H3. The lowest BCUT2D eigenvalue weighted by Crippen LogP contribution is -2.39. The summed E-state index contributed by atoms with van der Waals surface area (Å²) in [5, 5.41) is 3.47. The van der Waals surface area contributed by atoms with Gasteiger partial charge in [-0.2, -0.15) is 0 Å².